The van der Waals surface area contributed by atoms with Gasteiger partial charge in [-0.05, 0) is 74.2 Å². The van der Waals surface area contributed by atoms with Crippen molar-refractivity contribution in [3.8, 4) is 17.2 Å². The predicted molar refractivity (Wildman–Crippen MR) is 188 cm³/mol. The van der Waals surface area contributed by atoms with Gasteiger partial charge in [0.25, 0.3) is 5.91 Å². The second kappa shape index (κ2) is 14.0. The molecule has 9 heteroatoms. The van der Waals surface area contributed by atoms with E-state index in [1.807, 2.05) is 35.0 Å². The van der Waals surface area contributed by atoms with Crippen molar-refractivity contribution in [2.24, 2.45) is 5.92 Å². The molecule has 5 aromatic rings. The topological polar surface area (TPSA) is 76.8 Å². The van der Waals surface area contributed by atoms with Gasteiger partial charge in [-0.2, -0.15) is 0 Å². The third-order valence-electron chi connectivity index (χ3n) is 9.49. The van der Waals surface area contributed by atoms with Crippen molar-refractivity contribution < 1.29 is 14.3 Å². The van der Waals surface area contributed by atoms with Crippen LogP contribution in [0.15, 0.2) is 73.3 Å². The summed E-state index contributed by atoms with van der Waals surface area (Å²) in [7, 11) is 5.39. The highest BCUT2D eigenvalue weighted by atomic mass is 16.5. The summed E-state index contributed by atoms with van der Waals surface area (Å²) >= 11 is 0. The second-order valence-electron chi connectivity index (χ2n) is 12.9. The zero-order valence-electron chi connectivity index (χ0n) is 28.4. The maximum absolute atomic E-state index is 13.2. The van der Waals surface area contributed by atoms with E-state index in [-0.39, 0.29) is 5.91 Å². The second-order valence-corrected chi connectivity index (χ2v) is 12.9. The zero-order valence-corrected chi connectivity index (χ0v) is 28.4. The highest BCUT2D eigenvalue weighted by Crippen LogP contribution is 2.36. The van der Waals surface area contributed by atoms with E-state index in [4.69, 9.17) is 9.47 Å². The molecule has 1 aliphatic rings. The molecule has 3 aromatic carbocycles. The molecular weight excluding hydrogens is 588 g/mol. The fourth-order valence-corrected chi connectivity index (χ4v) is 6.71. The van der Waals surface area contributed by atoms with Crippen molar-refractivity contribution in [1.29, 1.82) is 0 Å². The minimum atomic E-state index is -0.202. The molecule has 246 valence electrons. The van der Waals surface area contributed by atoms with Crippen LogP contribution in [0.5, 0.6) is 11.5 Å². The van der Waals surface area contributed by atoms with Crippen LogP contribution < -0.4 is 14.8 Å². The summed E-state index contributed by atoms with van der Waals surface area (Å²) in [6, 6.07) is 18.3. The van der Waals surface area contributed by atoms with Gasteiger partial charge in [0.2, 0.25) is 0 Å². The number of carbonyl (C=O) groups is 1. The lowest BCUT2D eigenvalue weighted by atomic mass is 10.0. The molecule has 0 radical (unpaired) electrons. The molecular formula is C38H46N6O3. The van der Waals surface area contributed by atoms with E-state index in [0.29, 0.717) is 34.4 Å². The van der Waals surface area contributed by atoms with Gasteiger partial charge in [-0.15, -0.1) is 0 Å². The number of hydrogen-bond acceptors (Lipinski definition) is 6. The van der Waals surface area contributed by atoms with Crippen molar-refractivity contribution in [3.63, 3.8) is 0 Å². The van der Waals surface area contributed by atoms with Gasteiger partial charge < -0.3 is 29.2 Å². The van der Waals surface area contributed by atoms with Crippen LogP contribution >= 0.6 is 0 Å². The largest absolute Gasteiger partial charge is 0.494 e. The number of hydrogen-bond donors (Lipinski definition) is 1. The molecule has 1 amide bonds. The van der Waals surface area contributed by atoms with Crippen molar-refractivity contribution >= 4 is 22.5 Å². The molecule has 3 heterocycles. The van der Waals surface area contributed by atoms with Crippen LogP contribution in [0, 0.1) is 19.8 Å². The zero-order chi connectivity index (χ0) is 33.1. The molecule has 0 spiro atoms. The average Bonchev–Trinajstić information content (AvgIpc) is 3.69. The summed E-state index contributed by atoms with van der Waals surface area (Å²) in [6.45, 7) is 13.7. The fraction of sp³-hybridized carbons (Fsp3) is 0.368. The fourth-order valence-electron chi connectivity index (χ4n) is 6.71. The Morgan fingerprint density at radius 1 is 0.915 bits per heavy atom. The van der Waals surface area contributed by atoms with Crippen molar-refractivity contribution in [2.75, 3.05) is 59.3 Å². The molecule has 2 aromatic heterocycles. The third kappa shape index (κ3) is 7.06. The first kappa shape index (κ1) is 32.3. The lowest BCUT2D eigenvalue weighted by molar-refractivity contribution is 0.102. The monoisotopic (exact) mass is 634 g/mol. The van der Waals surface area contributed by atoms with E-state index >= 15 is 0 Å². The van der Waals surface area contributed by atoms with Crippen LogP contribution in [0.3, 0.4) is 0 Å². The highest BCUT2D eigenvalue weighted by Gasteiger charge is 2.20. The summed E-state index contributed by atoms with van der Waals surface area (Å²) in [6.07, 6.45) is 5.97. The molecule has 0 bridgehead atoms. The first-order valence-corrected chi connectivity index (χ1v) is 16.4. The number of carbonyl (C=O) groups excluding carboxylic acids is 1. The first-order valence-electron chi connectivity index (χ1n) is 16.4. The molecule has 47 heavy (non-hydrogen) atoms. The van der Waals surface area contributed by atoms with Gasteiger partial charge in [0.1, 0.15) is 17.2 Å². The van der Waals surface area contributed by atoms with Crippen molar-refractivity contribution in [1.82, 2.24) is 23.9 Å². The molecule has 1 N–H and O–H groups in total. The minimum Gasteiger partial charge on any atom is -0.494 e. The van der Waals surface area contributed by atoms with Crippen LogP contribution in [-0.2, 0) is 13.0 Å². The van der Waals surface area contributed by atoms with E-state index in [0.717, 1.165) is 51.3 Å². The standard InChI is InChI=1S/C38H46N6O3/c1-26(23-42-17-15-41(4)16-18-42)24-44-28(3)27(2)33-20-30(9-12-34(33)44)19-29-7-10-31(11-8-29)38(45)40-32-21-35(46-5)37(36(22-32)47-6)43-14-13-39-25-43/h7-14,20-22,25-26H,15-19,23-24H2,1-6H3,(H,40,45). The number of fused-ring (bicyclic) bond motifs is 1. The highest BCUT2D eigenvalue weighted by molar-refractivity contribution is 6.04. The quantitative estimate of drug-likeness (QED) is 0.187. The number of benzene rings is 3. The molecule has 1 unspecified atom stereocenters. The molecule has 9 nitrogen and oxygen atoms in total. The number of likely N-dealkylation sites (N-methyl/N-ethyl adjacent to an activating group) is 1. The van der Waals surface area contributed by atoms with Crippen LogP contribution in [0.25, 0.3) is 16.6 Å². The van der Waals surface area contributed by atoms with Gasteiger partial charge in [-0.1, -0.05) is 25.1 Å². The van der Waals surface area contributed by atoms with E-state index < -0.39 is 0 Å². The summed E-state index contributed by atoms with van der Waals surface area (Å²) in [5.41, 5.74) is 8.31. The summed E-state index contributed by atoms with van der Waals surface area (Å²) in [5, 5.41) is 4.32. The summed E-state index contributed by atoms with van der Waals surface area (Å²) < 4.78 is 15.6. The Kier molecular flexibility index (Phi) is 9.66. The Balaban J connectivity index is 1.12. The van der Waals surface area contributed by atoms with Gasteiger partial charge in [-0.3, -0.25) is 9.36 Å². The molecule has 1 saturated heterocycles. The van der Waals surface area contributed by atoms with E-state index in [2.05, 4.69) is 70.7 Å². The molecule has 1 aliphatic heterocycles. The molecule has 0 aliphatic carbocycles. The number of aryl methyl sites for hydroxylation is 1. The maximum Gasteiger partial charge on any atom is 0.255 e. The minimum absolute atomic E-state index is 0.202. The van der Waals surface area contributed by atoms with E-state index in [1.54, 1.807) is 38.9 Å². The van der Waals surface area contributed by atoms with Crippen molar-refractivity contribution in [3.05, 3.63) is 101 Å². The van der Waals surface area contributed by atoms with Gasteiger partial charge in [0.05, 0.1) is 20.5 Å². The normalized spacial score (nSPS) is 14.8. The number of aromatic nitrogens is 3. The summed E-state index contributed by atoms with van der Waals surface area (Å²) in [5.74, 6) is 1.50. The van der Waals surface area contributed by atoms with Crippen LogP contribution in [0.1, 0.15) is 39.7 Å². The van der Waals surface area contributed by atoms with E-state index in [1.165, 1.54) is 27.7 Å². The first-order chi connectivity index (χ1) is 22.7. The average molecular weight is 635 g/mol. The molecule has 1 atom stereocenters. The predicted octanol–water partition coefficient (Wildman–Crippen LogP) is 6.19. The van der Waals surface area contributed by atoms with Crippen LogP contribution in [-0.4, -0.2) is 83.8 Å². The molecule has 0 saturated carbocycles. The van der Waals surface area contributed by atoms with Gasteiger partial charge in [0, 0.05) is 91.6 Å². The van der Waals surface area contributed by atoms with Crippen LogP contribution in [0.4, 0.5) is 5.69 Å². The Hall–Kier alpha value is -4.60. The lowest BCUT2D eigenvalue weighted by Crippen LogP contribution is -2.46. The Bertz CT molecular complexity index is 1810. The van der Waals surface area contributed by atoms with Gasteiger partial charge >= 0.3 is 0 Å². The number of anilines is 1. The number of imidazole rings is 1. The number of piperazine rings is 1. The Morgan fingerprint density at radius 2 is 1.60 bits per heavy atom. The number of nitrogens with zero attached hydrogens (tertiary/aromatic N) is 5. The molecule has 1 fully saturated rings. The van der Waals surface area contributed by atoms with Gasteiger partial charge in [-0.25, -0.2) is 4.98 Å². The van der Waals surface area contributed by atoms with E-state index in [9.17, 15) is 4.79 Å². The Labute approximate surface area is 277 Å². The van der Waals surface area contributed by atoms with Crippen molar-refractivity contribution in [2.45, 2.75) is 33.7 Å². The number of ether oxygens (including phenoxy) is 2. The molecule has 6 rings (SSSR count). The summed E-state index contributed by atoms with van der Waals surface area (Å²) in [4.78, 5) is 22.3. The number of methoxy groups -OCH3 is 2. The van der Waals surface area contributed by atoms with Gasteiger partial charge in [0.15, 0.2) is 0 Å². The maximum atomic E-state index is 13.2. The number of nitrogens with one attached hydrogen (secondary N) is 1. The smallest absolute Gasteiger partial charge is 0.255 e. The Morgan fingerprint density at radius 3 is 2.23 bits per heavy atom. The SMILES string of the molecule is COc1cc(NC(=O)c2ccc(Cc3ccc4c(c3)c(C)c(C)n4CC(C)CN3CCN(C)CC3)cc2)cc(OC)c1-n1ccnc1. The van der Waals surface area contributed by atoms with Crippen LogP contribution in [0.2, 0.25) is 0 Å². The third-order valence-corrected chi connectivity index (χ3v) is 9.49. The number of amides is 1. The number of rotatable bonds is 11. The lowest BCUT2D eigenvalue weighted by Gasteiger charge is -2.34.